The molecule has 0 aliphatic carbocycles. The summed E-state index contributed by atoms with van der Waals surface area (Å²) in [5.74, 6) is 0.0343. The van der Waals surface area contributed by atoms with E-state index in [2.05, 4.69) is 15.6 Å². The Morgan fingerprint density at radius 3 is 2.96 bits per heavy atom. The van der Waals surface area contributed by atoms with Crippen molar-refractivity contribution in [1.82, 2.24) is 4.98 Å². The van der Waals surface area contributed by atoms with Crippen molar-refractivity contribution >= 4 is 34.1 Å². The largest absolute Gasteiger partial charge is 0.482 e. The van der Waals surface area contributed by atoms with Gasteiger partial charge in [-0.25, -0.2) is 0 Å². The fourth-order valence-corrected chi connectivity index (χ4v) is 2.62. The number of benzene rings is 2. The van der Waals surface area contributed by atoms with E-state index < -0.39 is 0 Å². The lowest BCUT2D eigenvalue weighted by molar-refractivity contribution is -0.118. The fourth-order valence-electron chi connectivity index (χ4n) is 2.62. The Hall–Kier alpha value is -3.41. The van der Waals surface area contributed by atoms with Crippen LogP contribution in [0.2, 0.25) is 0 Å². The molecule has 1 aromatic heterocycles. The van der Waals surface area contributed by atoms with Crippen LogP contribution in [0.25, 0.3) is 10.9 Å². The van der Waals surface area contributed by atoms with Gasteiger partial charge in [-0.05, 0) is 30.3 Å². The summed E-state index contributed by atoms with van der Waals surface area (Å²) in [6, 6.07) is 14.3. The molecule has 6 nitrogen and oxygen atoms in total. The highest BCUT2D eigenvalue weighted by molar-refractivity contribution is 6.09. The van der Waals surface area contributed by atoms with Gasteiger partial charge in [0.2, 0.25) is 0 Å². The monoisotopic (exact) mass is 319 g/mol. The van der Waals surface area contributed by atoms with Crippen molar-refractivity contribution in [2.24, 2.45) is 0 Å². The average molecular weight is 319 g/mol. The van der Waals surface area contributed by atoms with E-state index in [0.717, 1.165) is 10.9 Å². The molecular weight excluding hydrogens is 306 g/mol. The molecule has 2 heterocycles. The van der Waals surface area contributed by atoms with E-state index in [4.69, 9.17) is 4.74 Å². The van der Waals surface area contributed by atoms with Crippen LogP contribution >= 0.6 is 0 Å². The molecule has 0 unspecified atom stereocenters. The highest BCUT2D eigenvalue weighted by Crippen LogP contribution is 2.29. The van der Waals surface area contributed by atoms with Crippen molar-refractivity contribution in [3.63, 3.8) is 0 Å². The lowest BCUT2D eigenvalue weighted by Gasteiger charge is -2.18. The number of ether oxygens (including phenoxy) is 1. The van der Waals surface area contributed by atoms with E-state index in [9.17, 15) is 9.59 Å². The molecule has 0 fully saturated rings. The standard InChI is InChI=1S/C18H13N3O3/c22-16-10-24-15-7-6-12(9-14(15)20-16)18(23)21-13-5-1-3-11-4-2-8-19-17(11)13/h1-9H,10H2,(H,20,22)(H,21,23). The SMILES string of the molecule is O=C1COc2ccc(C(=O)Nc3cccc4cccnc34)cc2N1. The van der Waals surface area contributed by atoms with Crippen LogP contribution in [0.1, 0.15) is 10.4 Å². The van der Waals surface area contributed by atoms with Crippen molar-refractivity contribution in [1.29, 1.82) is 0 Å². The van der Waals surface area contributed by atoms with Gasteiger partial charge >= 0.3 is 0 Å². The first kappa shape index (κ1) is 14.2. The molecule has 24 heavy (non-hydrogen) atoms. The van der Waals surface area contributed by atoms with Crippen LogP contribution in [0.15, 0.2) is 54.7 Å². The van der Waals surface area contributed by atoms with Crippen LogP contribution < -0.4 is 15.4 Å². The Balaban J connectivity index is 1.64. The Bertz CT molecular complexity index is 963. The maximum Gasteiger partial charge on any atom is 0.262 e. The van der Waals surface area contributed by atoms with Crippen LogP contribution in [-0.2, 0) is 4.79 Å². The fraction of sp³-hybridized carbons (Fsp3) is 0.0556. The maximum absolute atomic E-state index is 12.5. The van der Waals surface area contributed by atoms with Gasteiger partial charge in [0, 0.05) is 17.1 Å². The van der Waals surface area contributed by atoms with Gasteiger partial charge < -0.3 is 15.4 Å². The minimum Gasteiger partial charge on any atom is -0.482 e. The molecule has 0 radical (unpaired) electrons. The number of rotatable bonds is 2. The molecule has 0 saturated heterocycles. The second kappa shape index (κ2) is 5.66. The minimum absolute atomic E-state index is 0.0137. The van der Waals surface area contributed by atoms with Gasteiger partial charge in [0.15, 0.2) is 6.61 Å². The third-order valence-corrected chi connectivity index (χ3v) is 3.76. The van der Waals surface area contributed by atoms with Crippen molar-refractivity contribution in [3.05, 3.63) is 60.3 Å². The number of anilines is 2. The maximum atomic E-state index is 12.5. The molecule has 0 atom stereocenters. The van der Waals surface area contributed by atoms with E-state index in [-0.39, 0.29) is 18.4 Å². The normalized spacial score (nSPS) is 12.9. The van der Waals surface area contributed by atoms with Crippen LogP contribution in [0.4, 0.5) is 11.4 Å². The molecule has 2 aromatic carbocycles. The third-order valence-electron chi connectivity index (χ3n) is 3.76. The summed E-state index contributed by atoms with van der Waals surface area (Å²) in [5, 5.41) is 6.50. The van der Waals surface area contributed by atoms with Gasteiger partial charge in [-0.1, -0.05) is 18.2 Å². The number of nitrogens with one attached hydrogen (secondary N) is 2. The Morgan fingerprint density at radius 1 is 1.17 bits per heavy atom. The molecule has 4 rings (SSSR count). The number of carbonyl (C=O) groups is 2. The summed E-state index contributed by atoms with van der Waals surface area (Å²) in [4.78, 5) is 28.2. The summed E-state index contributed by atoms with van der Waals surface area (Å²) < 4.78 is 5.29. The molecule has 0 bridgehead atoms. The first-order chi connectivity index (χ1) is 11.7. The topological polar surface area (TPSA) is 80.3 Å². The zero-order valence-electron chi connectivity index (χ0n) is 12.6. The number of fused-ring (bicyclic) bond motifs is 2. The van der Waals surface area contributed by atoms with Gasteiger partial charge in [-0.2, -0.15) is 0 Å². The van der Waals surface area contributed by atoms with Gasteiger partial charge in [0.25, 0.3) is 11.8 Å². The van der Waals surface area contributed by atoms with Gasteiger partial charge in [-0.3, -0.25) is 14.6 Å². The molecule has 0 spiro atoms. The zero-order chi connectivity index (χ0) is 16.5. The second-order valence-electron chi connectivity index (χ2n) is 5.38. The summed E-state index contributed by atoms with van der Waals surface area (Å²) in [7, 11) is 0. The Kier molecular flexibility index (Phi) is 3.35. The second-order valence-corrected chi connectivity index (χ2v) is 5.38. The predicted octanol–water partition coefficient (Wildman–Crippen LogP) is 2.82. The molecule has 0 saturated carbocycles. The molecule has 6 heteroatoms. The molecule has 2 amide bonds. The van der Waals surface area contributed by atoms with Crippen molar-refractivity contribution in [2.75, 3.05) is 17.2 Å². The van der Waals surface area contributed by atoms with Gasteiger partial charge in [-0.15, -0.1) is 0 Å². The third kappa shape index (κ3) is 2.54. The van der Waals surface area contributed by atoms with E-state index in [1.165, 1.54) is 0 Å². The summed E-state index contributed by atoms with van der Waals surface area (Å²) in [5.41, 5.74) is 2.28. The number of hydrogen-bond donors (Lipinski definition) is 2. The number of hydrogen-bond acceptors (Lipinski definition) is 4. The lowest BCUT2D eigenvalue weighted by atomic mass is 10.1. The van der Waals surface area contributed by atoms with Crippen LogP contribution in [0.5, 0.6) is 5.75 Å². The van der Waals surface area contributed by atoms with Gasteiger partial charge in [0.05, 0.1) is 16.9 Å². The summed E-state index contributed by atoms with van der Waals surface area (Å²) in [6.45, 7) is -0.0137. The highest BCUT2D eigenvalue weighted by Gasteiger charge is 2.18. The molecule has 3 aromatic rings. The molecule has 2 N–H and O–H groups in total. The lowest BCUT2D eigenvalue weighted by Crippen LogP contribution is -2.25. The molecular formula is C18H13N3O3. The van der Waals surface area contributed by atoms with E-state index in [1.807, 2.05) is 24.3 Å². The summed E-state index contributed by atoms with van der Waals surface area (Å²) in [6.07, 6.45) is 1.68. The first-order valence-electron chi connectivity index (χ1n) is 7.42. The number of aromatic nitrogens is 1. The van der Waals surface area contributed by atoms with E-state index in [0.29, 0.717) is 22.7 Å². The molecule has 118 valence electrons. The Labute approximate surface area is 137 Å². The van der Waals surface area contributed by atoms with Crippen molar-refractivity contribution in [2.45, 2.75) is 0 Å². The van der Waals surface area contributed by atoms with E-state index >= 15 is 0 Å². The number of para-hydroxylation sites is 1. The van der Waals surface area contributed by atoms with Crippen LogP contribution in [0, 0.1) is 0 Å². The predicted molar refractivity (Wildman–Crippen MR) is 90.3 cm³/mol. The van der Waals surface area contributed by atoms with Crippen LogP contribution in [0.3, 0.4) is 0 Å². The molecule has 1 aliphatic heterocycles. The van der Waals surface area contributed by atoms with Crippen molar-refractivity contribution < 1.29 is 14.3 Å². The zero-order valence-corrected chi connectivity index (χ0v) is 12.6. The number of nitrogens with zero attached hydrogens (tertiary/aromatic N) is 1. The number of pyridine rings is 1. The number of carbonyl (C=O) groups excluding carboxylic acids is 2. The first-order valence-corrected chi connectivity index (χ1v) is 7.42. The average Bonchev–Trinajstić information content (AvgIpc) is 2.61. The van der Waals surface area contributed by atoms with Crippen LogP contribution in [-0.4, -0.2) is 23.4 Å². The smallest absolute Gasteiger partial charge is 0.262 e. The Morgan fingerprint density at radius 2 is 2.04 bits per heavy atom. The molecule has 1 aliphatic rings. The minimum atomic E-state index is -0.282. The van der Waals surface area contributed by atoms with Gasteiger partial charge in [0.1, 0.15) is 5.75 Å². The quantitative estimate of drug-likeness (QED) is 0.761. The van der Waals surface area contributed by atoms with E-state index in [1.54, 1.807) is 30.5 Å². The highest BCUT2D eigenvalue weighted by atomic mass is 16.5. The van der Waals surface area contributed by atoms with Crippen molar-refractivity contribution in [3.8, 4) is 5.75 Å². The summed E-state index contributed by atoms with van der Waals surface area (Å²) >= 11 is 0. The number of amides is 2.